The lowest BCUT2D eigenvalue weighted by Gasteiger charge is -2.24. The molecule has 3 aromatic rings. The quantitative estimate of drug-likeness (QED) is 0.761. The number of rotatable bonds is 4. The van der Waals surface area contributed by atoms with Gasteiger partial charge in [-0.15, -0.1) is 0 Å². The second-order valence-electron chi connectivity index (χ2n) is 6.61. The molecule has 6 heteroatoms. The molecule has 1 aliphatic rings. The average molecular weight is 359 g/mol. The summed E-state index contributed by atoms with van der Waals surface area (Å²) in [5.41, 5.74) is 10.4. The van der Waals surface area contributed by atoms with Gasteiger partial charge in [-0.05, 0) is 56.7 Å². The summed E-state index contributed by atoms with van der Waals surface area (Å²) in [5.74, 6) is 0.806. The van der Waals surface area contributed by atoms with Crippen LogP contribution in [0.15, 0.2) is 59.7 Å². The first-order valence-corrected chi connectivity index (χ1v) is 8.82. The molecule has 0 radical (unpaired) electrons. The minimum atomic E-state index is 0.633. The lowest BCUT2D eigenvalue weighted by Crippen LogP contribution is -2.30. The van der Waals surface area contributed by atoms with Crippen molar-refractivity contribution in [3.63, 3.8) is 0 Å². The number of pyridine rings is 2. The van der Waals surface area contributed by atoms with Crippen LogP contribution in [-0.4, -0.2) is 20.1 Å². The molecule has 1 N–H and O–H groups in total. The number of allylic oxidation sites excluding steroid dienone is 2. The number of hydrogen-bond donors (Lipinski definition) is 1. The van der Waals surface area contributed by atoms with Crippen LogP contribution in [0.5, 0.6) is 0 Å². The Balaban J connectivity index is 1.52. The van der Waals surface area contributed by atoms with E-state index in [1.165, 1.54) is 0 Å². The molecule has 0 aromatic carbocycles. The van der Waals surface area contributed by atoms with Gasteiger partial charge >= 0.3 is 0 Å². The molecule has 6 nitrogen and oxygen atoms in total. The summed E-state index contributed by atoms with van der Waals surface area (Å²) in [5, 5.41) is 6.24. The molecular weight excluding hydrogens is 338 g/mol. The fraction of sp³-hybridized carbons (Fsp3) is 0.190. The predicted octanol–water partition coefficient (Wildman–Crippen LogP) is 3.93. The van der Waals surface area contributed by atoms with E-state index in [0.29, 0.717) is 6.54 Å². The number of nitrogens with zero attached hydrogens (tertiary/aromatic N) is 4. The maximum atomic E-state index is 5.45. The Morgan fingerprint density at radius 3 is 2.63 bits per heavy atom. The van der Waals surface area contributed by atoms with Gasteiger partial charge in [0.1, 0.15) is 11.5 Å². The summed E-state index contributed by atoms with van der Waals surface area (Å²) in [7, 11) is 0. The molecule has 0 spiro atoms. The van der Waals surface area contributed by atoms with E-state index >= 15 is 0 Å². The van der Waals surface area contributed by atoms with Crippen LogP contribution in [0.1, 0.15) is 28.3 Å². The normalized spacial score (nSPS) is 13.4. The lowest BCUT2D eigenvalue weighted by atomic mass is 10.1. The van der Waals surface area contributed by atoms with Crippen molar-refractivity contribution in [3.05, 3.63) is 83.4 Å². The summed E-state index contributed by atoms with van der Waals surface area (Å²) >= 11 is 0. The van der Waals surface area contributed by atoms with E-state index in [4.69, 9.17) is 4.52 Å². The van der Waals surface area contributed by atoms with Crippen molar-refractivity contribution in [3.8, 4) is 11.3 Å². The highest BCUT2D eigenvalue weighted by atomic mass is 16.5. The smallest absolute Gasteiger partial charge is 0.139 e. The number of aromatic nitrogens is 3. The first-order valence-electron chi connectivity index (χ1n) is 8.82. The van der Waals surface area contributed by atoms with Crippen molar-refractivity contribution < 1.29 is 4.52 Å². The third kappa shape index (κ3) is 3.60. The molecule has 3 aromatic heterocycles. The van der Waals surface area contributed by atoms with Gasteiger partial charge in [0.15, 0.2) is 0 Å². The van der Waals surface area contributed by atoms with E-state index in [1.54, 1.807) is 0 Å². The van der Waals surface area contributed by atoms with Crippen LogP contribution in [0.3, 0.4) is 0 Å². The van der Waals surface area contributed by atoms with Crippen LogP contribution in [-0.2, 0) is 6.54 Å². The number of nitrogens with one attached hydrogen (secondary N) is 1. The zero-order chi connectivity index (χ0) is 18.8. The Kier molecular flexibility index (Phi) is 4.46. The average Bonchev–Trinajstić information content (AvgIpc) is 3.03. The molecule has 4 rings (SSSR count). The van der Waals surface area contributed by atoms with Crippen LogP contribution in [0.4, 0.5) is 0 Å². The Morgan fingerprint density at radius 2 is 1.93 bits per heavy atom. The van der Waals surface area contributed by atoms with Crippen LogP contribution >= 0.6 is 0 Å². The molecule has 0 unspecified atom stereocenters. The zero-order valence-corrected chi connectivity index (χ0v) is 15.6. The van der Waals surface area contributed by atoms with Crippen molar-refractivity contribution in [2.45, 2.75) is 27.3 Å². The van der Waals surface area contributed by atoms with Gasteiger partial charge in [0.25, 0.3) is 0 Å². The molecule has 27 heavy (non-hydrogen) atoms. The second kappa shape index (κ2) is 7.07. The van der Waals surface area contributed by atoms with Crippen LogP contribution < -0.4 is 5.43 Å². The van der Waals surface area contributed by atoms with E-state index in [-0.39, 0.29) is 0 Å². The third-order valence-corrected chi connectivity index (χ3v) is 4.55. The molecule has 136 valence electrons. The maximum absolute atomic E-state index is 5.45. The minimum Gasteiger partial charge on any atom is -0.361 e. The second-order valence-corrected chi connectivity index (χ2v) is 6.61. The molecule has 0 saturated carbocycles. The molecule has 0 saturated heterocycles. The van der Waals surface area contributed by atoms with E-state index < -0.39 is 0 Å². The Labute approximate surface area is 158 Å². The molecule has 1 aliphatic heterocycles. The van der Waals surface area contributed by atoms with Gasteiger partial charge in [-0.25, -0.2) is 0 Å². The Hall–Kier alpha value is -3.41. The molecule has 0 amide bonds. The highest BCUT2D eigenvalue weighted by Gasteiger charge is 2.18. The van der Waals surface area contributed by atoms with Gasteiger partial charge in [0.05, 0.1) is 6.54 Å². The number of hydrazine groups is 1. The monoisotopic (exact) mass is 359 g/mol. The van der Waals surface area contributed by atoms with Crippen LogP contribution in [0.25, 0.3) is 16.8 Å². The van der Waals surface area contributed by atoms with Crippen LogP contribution in [0.2, 0.25) is 0 Å². The molecule has 0 aliphatic carbocycles. The van der Waals surface area contributed by atoms with Gasteiger partial charge in [-0.2, -0.15) is 0 Å². The number of hydrogen-bond acceptors (Lipinski definition) is 6. The van der Waals surface area contributed by atoms with E-state index in [9.17, 15) is 0 Å². The highest BCUT2D eigenvalue weighted by Crippen LogP contribution is 2.27. The van der Waals surface area contributed by atoms with E-state index in [2.05, 4.69) is 32.7 Å². The SMILES string of the molecule is Cc1ccc(-c2noc(C)c2CN2C=CC(c3ccnc(C)c3)=CN2)cn1. The van der Waals surface area contributed by atoms with Gasteiger partial charge in [-0.1, -0.05) is 5.16 Å². The van der Waals surface area contributed by atoms with Crippen molar-refractivity contribution in [1.82, 2.24) is 25.6 Å². The minimum absolute atomic E-state index is 0.633. The summed E-state index contributed by atoms with van der Waals surface area (Å²) in [6, 6.07) is 8.08. The van der Waals surface area contributed by atoms with Crippen molar-refractivity contribution >= 4 is 5.57 Å². The van der Waals surface area contributed by atoms with E-state index in [1.807, 2.05) is 68.8 Å². The first kappa shape index (κ1) is 17.0. The summed E-state index contributed by atoms with van der Waals surface area (Å²) in [6.07, 6.45) is 9.76. The Morgan fingerprint density at radius 1 is 1.04 bits per heavy atom. The fourth-order valence-electron chi connectivity index (χ4n) is 3.00. The summed E-state index contributed by atoms with van der Waals surface area (Å²) in [6.45, 7) is 6.53. The molecular formula is C21H21N5O. The van der Waals surface area contributed by atoms with Gasteiger partial charge in [0, 0.05) is 52.9 Å². The Bertz CT molecular complexity index is 1020. The lowest BCUT2D eigenvalue weighted by molar-refractivity contribution is 0.302. The van der Waals surface area contributed by atoms with Gasteiger partial charge < -0.3 is 9.95 Å². The number of aryl methyl sites for hydroxylation is 3. The topological polar surface area (TPSA) is 67.1 Å². The van der Waals surface area contributed by atoms with Gasteiger partial charge in [0.2, 0.25) is 0 Å². The first-order chi connectivity index (χ1) is 13.1. The third-order valence-electron chi connectivity index (χ3n) is 4.55. The molecule has 4 heterocycles. The fourth-order valence-corrected chi connectivity index (χ4v) is 3.00. The van der Waals surface area contributed by atoms with Gasteiger partial charge in [-0.3, -0.25) is 15.0 Å². The molecule has 0 fully saturated rings. The highest BCUT2D eigenvalue weighted by molar-refractivity contribution is 5.74. The largest absolute Gasteiger partial charge is 0.361 e. The van der Waals surface area contributed by atoms with Crippen LogP contribution in [0, 0.1) is 20.8 Å². The van der Waals surface area contributed by atoms with Crippen molar-refractivity contribution in [1.29, 1.82) is 0 Å². The van der Waals surface area contributed by atoms with E-state index in [0.717, 1.165) is 45.1 Å². The standard InChI is InChI=1S/C21H21N5O/c1-14-4-5-19(11-23-14)21-20(16(3)27-25-21)13-26-9-7-18(12-24-26)17-6-8-22-15(2)10-17/h4-12,24H,13H2,1-3H3. The summed E-state index contributed by atoms with van der Waals surface area (Å²) in [4.78, 5) is 8.61. The molecule has 0 bridgehead atoms. The van der Waals surface area contributed by atoms with Crippen molar-refractivity contribution in [2.24, 2.45) is 0 Å². The predicted molar refractivity (Wildman–Crippen MR) is 104 cm³/mol. The van der Waals surface area contributed by atoms with Crippen molar-refractivity contribution in [2.75, 3.05) is 0 Å². The zero-order valence-electron chi connectivity index (χ0n) is 15.6. The maximum Gasteiger partial charge on any atom is 0.139 e. The molecule has 0 atom stereocenters. The summed E-state index contributed by atoms with van der Waals surface area (Å²) < 4.78 is 5.45.